The van der Waals surface area contributed by atoms with Gasteiger partial charge in [0.25, 0.3) is 11.6 Å². The molecule has 9 nitrogen and oxygen atoms in total. The normalized spacial score (nSPS) is 11.9. The first-order chi connectivity index (χ1) is 14.1. The smallest absolute Gasteiger partial charge is 0.306 e. The van der Waals surface area contributed by atoms with Crippen LogP contribution in [0.1, 0.15) is 44.1 Å². The number of hydrogen-bond acceptors (Lipinski definition) is 6. The number of nitrogens with zero attached hydrogens (tertiary/aromatic N) is 3. The van der Waals surface area contributed by atoms with E-state index in [0.717, 1.165) is 23.5 Å². The number of esters is 1. The largest absolute Gasteiger partial charge is 0.453 e. The van der Waals surface area contributed by atoms with E-state index >= 15 is 0 Å². The Bertz CT molecular complexity index is 935. The summed E-state index contributed by atoms with van der Waals surface area (Å²) in [5, 5.41) is 17.9. The predicted octanol–water partition coefficient (Wildman–Crippen LogP) is 3.57. The minimum absolute atomic E-state index is 0.128. The maximum Gasteiger partial charge on any atom is 0.306 e. The average molecular weight is 416 g/mol. The third-order valence-electron chi connectivity index (χ3n) is 4.65. The Labute approximate surface area is 175 Å². The molecule has 9 heteroatoms. The maximum absolute atomic E-state index is 12.2. The minimum Gasteiger partial charge on any atom is -0.453 e. The van der Waals surface area contributed by atoms with Gasteiger partial charge in [0.15, 0.2) is 6.10 Å². The molecule has 1 aromatic heterocycles. The van der Waals surface area contributed by atoms with Crippen LogP contribution < -0.4 is 5.32 Å². The fourth-order valence-electron chi connectivity index (χ4n) is 3.10. The molecule has 0 saturated carbocycles. The average Bonchev–Trinajstić information content (AvgIpc) is 2.92. The fourth-order valence-corrected chi connectivity index (χ4v) is 3.10. The molecule has 1 N–H and O–H groups in total. The van der Waals surface area contributed by atoms with Crippen molar-refractivity contribution >= 4 is 23.3 Å². The fraction of sp³-hybridized carbons (Fsp3) is 0.476. The number of carbonyl (C=O) groups is 2. The lowest BCUT2D eigenvalue weighted by molar-refractivity contribution is -0.384. The van der Waals surface area contributed by atoms with Crippen LogP contribution in [0.15, 0.2) is 24.3 Å². The molecule has 0 fully saturated rings. The Balaban J connectivity index is 1.90. The lowest BCUT2D eigenvalue weighted by atomic mass is 10.1. The van der Waals surface area contributed by atoms with Crippen molar-refractivity contribution in [2.75, 3.05) is 5.32 Å². The van der Waals surface area contributed by atoms with E-state index < -0.39 is 22.9 Å². The van der Waals surface area contributed by atoms with Crippen molar-refractivity contribution in [3.8, 4) is 0 Å². The molecule has 30 heavy (non-hydrogen) atoms. The highest BCUT2D eigenvalue weighted by Crippen LogP contribution is 2.19. The molecule has 0 aliphatic rings. The molecule has 1 atom stereocenters. The number of hydrogen-bond donors (Lipinski definition) is 1. The summed E-state index contributed by atoms with van der Waals surface area (Å²) < 4.78 is 7.18. The summed E-state index contributed by atoms with van der Waals surface area (Å²) in [6.45, 7) is 10.4. The second kappa shape index (κ2) is 10.00. The number of rotatable bonds is 9. The number of nitro benzene ring substituents is 1. The van der Waals surface area contributed by atoms with E-state index in [1.807, 2.05) is 18.5 Å². The number of ether oxygens (including phenoxy) is 1. The van der Waals surface area contributed by atoms with Gasteiger partial charge in [-0.15, -0.1) is 0 Å². The summed E-state index contributed by atoms with van der Waals surface area (Å²) in [6.07, 6.45) is -0.417. The lowest BCUT2D eigenvalue weighted by Gasteiger charge is -2.13. The number of anilines is 1. The van der Waals surface area contributed by atoms with Gasteiger partial charge in [0.1, 0.15) is 0 Å². The molecular weight excluding hydrogens is 388 g/mol. The summed E-state index contributed by atoms with van der Waals surface area (Å²) in [6, 6.07) is 5.56. The van der Waals surface area contributed by atoms with Gasteiger partial charge in [-0.05, 0) is 44.7 Å². The second-order valence-electron chi connectivity index (χ2n) is 7.65. The summed E-state index contributed by atoms with van der Waals surface area (Å²) in [4.78, 5) is 34.7. The molecule has 1 aromatic carbocycles. The van der Waals surface area contributed by atoms with E-state index in [-0.39, 0.29) is 17.8 Å². The Morgan fingerprint density at radius 2 is 1.97 bits per heavy atom. The molecule has 0 saturated heterocycles. The van der Waals surface area contributed by atoms with E-state index in [2.05, 4.69) is 24.3 Å². The number of aromatic nitrogens is 2. The van der Waals surface area contributed by atoms with Crippen molar-refractivity contribution < 1.29 is 19.2 Å². The molecule has 162 valence electrons. The number of non-ortho nitro benzene ring substituents is 1. The zero-order valence-electron chi connectivity index (χ0n) is 18.0. The van der Waals surface area contributed by atoms with Crippen molar-refractivity contribution in [2.45, 2.75) is 60.1 Å². The predicted molar refractivity (Wildman–Crippen MR) is 112 cm³/mol. The van der Waals surface area contributed by atoms with Crippen LogP contribution in [0.3, 0.4) is 0 Å². The first-order valence-corrected chi connectivity index (χ1v) is 9.86. The van der Waals surface area contributed by atoms with Crippen LogP contribution in [0.4, 0.5) is 11.4 Å². The Kier molecular flexibility index (Phi) is 7.68. The van der Waals surface area contributed by atoms with Gasteiger partial charge in [0.05, 0.1) is 10.6 Å². The van der Waals surface area contributed by atoms with Crippen LogP contribution in [0.25, 0.3) is 0 Å². The number of nitro groups is 1. The van der Waals surface area contributed by atoms with Gasteiger partial charge in [-0.25, -0.2) is 0 Å². The molecule has 0 spiro atoms. The van der Waals surface area contributed by atoms with Crippen LogP contribution in [-0.4, -0.2) is 32.7 Å². The summed E-state index contributed by atoms with van der Waals surface area (Å²) >= 11 is 0. The third kappa shape index (κ3) is 6.13. The topological polar surface area (TPSA) is 116 Å². The molecule has 0 aliphatic carbocycles. The van der Waals surface area contributed by atoms with E-state index in [4.69, 9.17) is 4.74 Å². The van der Waals surface area contributed by atoms with Crippen molar-refractivity contribution in [2.24, 2.45) is 5.92 Å². The zero-order valence-corrected chi connectivity index (χ0v) is 18.0. The molecule has 0 radical (unpaired) electrons. The quantitative estimate of drug-likeness (QED) is 0.379. The van der Waals surface area contributed by atoms with Crippen LogP contribution >= 0.6 is 0 Å². The third-order valence-corrected chi connectivity index (χ3v) is 4.65. The van der Waals surface area contributed by atoms with Gasteiger partial charge in [0.2, 0.25) is 0 Å². The molecule has 0 bridgehead atoms. The highest BCUT2D eigenvalue weighted by Gasteiger charge is 2.20. The Hall–Kier alpha value is -3.23. The second-order valence-corrected chi connectivity index (χ2v) is 7.65. The van der Waals surface area contributed by atoms with Crippen molar-refractivity contribution in [3.63, 3.8) is 0 Å². The van der Waals surface area contributed by atoms with Gasteiger partial charge in [-0.2, -0.15) is 5.10 Å². The highest BCUT2D eigenvalue weighted by molar-refractivity contribution is 5.95. The monoisotopic (exact) mass is 416 g/mol. The molecule has 1 unspecified atom stereocenters. The highest BCUT2D eigenvalue weighted by atomic mass is 16.6. The molecule has 2 rings (SSSR count). The van der Waals surface area contributed by atoms with Crippen LogP contribution in [0.2, 0.25) is 0 Å². The van der Waals surface area contributed by atoms with Crippen molar-refractivity contribution in [1.82, 2.24) is 9.78 Å². The first-order valence-electron chi connectivity index (χ1n) is 9.86. The van der Waals surface area contributed by atoms with Crippen molar-refractivity contribution in [3.05, 3.63) is 51.3 Å². The summed E-state index contributed by atoms with van der Waals surface area (Å²) in [5.74, 6) is -0.584. The number of amides is 1. The summed E-state index contributed by atoms with van der Waals surface area (Å²) in [5.41, 5.74) is 3.06. The number of benzene rings is 1. The van der Waals surface area contributed by atoms with Gasteiger partial charge in [0, 0.05) is 36.5 Å². The SMILES string of the molecule is Cc1nn(CC(C)C)c(C)c1CCC(=O)OC(C)C(=O)Nc1cccc([N+](=O)[O-])c1. The first kappa shape index (κ1) is 23.1. The van der Waals surface area contributed by atoms with Crippen LogP contribution in [0, 0.1) is 29.9 Å². The lowest BCUT2D eigenvalue weighted by Crippen LogP contribution is -2.30. The molecule has 1 amide bonds. The van der Waals surface area contributed by atoms with Gasteiger partial charge >= 0.3 is 5.97 Å². The van der Waals surface area contributed by atoms with Crippen LogP contribution in [-0.2, 0) is 27.3 Å². The van der Waals surface area contributed by atoms with Gasteiger partial charge in [-0.1, -0.05) is 19.9 Å². The van der Waals surface area contributed by atoms with Crippen LogP contribution in [0.5, 0.6) is 0 Å². The standard InChI is InChI=1S/C21H28N4O5/c1-13(2)12-24-15(4)19(14(3)23-24)9-10-20(26)30-16(5)21(27)22-17-7-6-8-18(11-17)25(28)29/h6-8,11,13,16H,9-10,12H2,1-5H3,(H,22,27). The van der Waals surface area contributed by atoms with E-state index in [1.54, 1.807) is 0 Å². The molecule has 0 aliphatic heterocycles. The minimum atomic E-state index is -1.03. The Morgan fingerprint density at radius 3 is 2.60 bits per heavy atom. The molecule has 1 heterocycles. The van der Waals surface area contributed by atoms with E-state index in [9.17, 15) is 19.7 Å². The number of nitrogens with one attached hydrogen (secondary N) is 1. The Morgan fingerprint density at radius 1 is 1.27 bits per heavy atom. The van der Waals surface area contributed by atoms with Gasteiger partial charge < -0.3 is 10.1 Å². The number of carbonyl (C=O) groups excluding carboxylic acids is 2. The number of aryl methyl sites for hydroxylation is 1. The molecule has 2 aromatic rings. The molecular formula is C21H28N4O5. The summed E-state index contributed by atoms with van der Waals surface area (Å²) in [7, 11) is 0. The van der Waals surface area contributed by atoms with Gasteiger partial charge in [-0.3, -0.25) is 24.4 Å². The maximum atomic E-state index is 12.2. The van der Waals surface area contributed by atoms with E-state index in [0.29, 0.717) is 12.3 Å². The zero-order chi connectivity index (χ0) is 22.4. The van der Waals surface area contributed by atoms with Crippen molar-refractivity contribution in [1.29, 1.82) is 0 Å². The van der Waals surface area contributed by atoms with E-state index in [1.165, 1.54) is 31.2 Å².